The molecular formula is C23H21ClN2O3. The summed E-state index contributed by atoms with van der Waals surface area (Å²) in [6.45, 7) is 1.91. The Hall–Kier alpha value is -3.31. The molecule has 29 heavy (non-hydrogen) atoms. The molecule has 0 aliphatic rings. The van der Waals surface area contributed by atoms with Gasteiger partial charge in [0.1, 0.15) is 5.75 Å². The third-order valence-electron chi connectivity index (χ3n) is 4.28. The van der Waals surface area contributed by atoms with Crippen molar-refractivity contribution in [3.8, 4) is 5.75 Å². The summed E-state index contributed by atoms with van der Waals surface area (Å²) < 4.78 is 5.52. The normalized spacial score (nSPS) is 10.3. The standard InChI is InChI=1S/C23H21ClN2O3/c1-2-16-7-3-5-9-20(16)25-22(27)15-29-18-13-11-17(12-14-18)23(28)26-21-10-6-4-8-19(21)24/h3-14H,2,15H2,1H3,(H,25,27)(H,26,28). The first-order chi connectivity index (χ1) is 14.1. The van der Waals surface area contributed by atoms with E-state index in [0.717, 1.165) is 17.7 Å². The summed E-state index contributed by atoms with van der Waals surface area (Å²) in [5.41, 5.74) is 2.85. The Morgan fingerprint density at radius 2 is 1.52 bits per heavy atom. The van der Waals surface area contributed by atoms with E-state index in [0.29, 0.717) is 22.0 Å². The van der Waals surface area contributed by atoms with E-state index >= 15 is 0 Å². The smallest absolute Gasteiger partial charge is 0.262 e. The van der Waals surface area contributed by atoms with Gasteiger partial charge in [-0.05, 0) is 54.4 Å². The second-order valence-corrected chi connectivity index (χ2v) is 6.71. The van der Waals surface area contributed by atoms with Crippen molar-refractivity contribution in [2.24, 2.45) is 0 Å². The molecule has 0 aromatic heterocycles. The maximum atomic E-state index is 12.3. The summed E-state index contributed by atoms with van der Waals surface area (Å²) in [4.78, 5) is 24.5. The summed E-state index contributed by atoms with van der Waals surface area (Å²) in [5.74, 6) is -0.0248. The highest BCUT2D eigenvalue weighted by atomic mass is 35.5. The fourth-order valence-electron chi connectivity index (χ4n) is 2.75. The Bertz CT molecular complexity index is 1000. The van der Waals surface area contributed by atoms with Crippen molar-refractivity contribution in [3.63, 3.8) is 0 Å². The number of hydrogen-bond donors (Lipinski definition) is 2. The van der Waals surface area contributed by atoms with Gasteiger partial charge in [-0.2, -0.15) is 0 Å². The van der Waals surface area contributed by atoms with Crippen molar-refractivity contribution in [3.05, 3.63) is 88.9 Å². The lowest BCUT2D eigenvalue weighted by molar-refractivity contribution is -0.118. The minimum atomic E-state index is -0.279. The fraction of sp³-hybridized carbons (Fsp3) is 0.130. The van der Waals surface area contributed by atoms with Crippen molar-refractivity contribution in [1.29, 1.82) is 0 Å². The largest absolute Gasteiger partial charge is 0.484 e. The number of rotatable bonds is 7. The molecular weight excluding hydrogens is 388 g/mol. The molecule has 2 amide bonds. The van der Waals surface area contributed by atoms with Crippen molar-refractivity contribution < 1.29 is 14.3 Å². The van der Waals surface area contributed by atoms with Crippen LogP contribution in [0.3, 0.4) is 0 Å². The number of para-hydroxylation sites is 2. The van der Waals surface area contributed by atoms with E-state index in [-0.39, 0.29) is 18.4 Å². The predicted octanol–water partition coefficient (Wildman–Crippen LogP) is 5.17. The highest BCUT2D eigenvalue weighted by molar-refractivity contribution is 6.33. The number of ether oxygens (including phenoxy) is 1. The molecule has 0 bridgehead atoms. The molecule has 3 aromatic carbocycles. The summed E-state index contributed by atoms with van der Waals surface area (Å²) in [7, 11) is 0. The maximum Gasteiger partial charge on any atom is 0.262 e. The van der Waals surface area contributed by atoms with E-state index < -0.39 is 0 Å². The maximum absolute atomic E-state index is 12.3. The van der Waals surface area contributed by atoms with Gasteiger partial charge in [0.2, 0.25) is 0 Å². The first-order valence-corrected chi connectivity index (χ1v) is 9.61. The number of carbonyl (C=O) groups is 2. The molecule has 0 fully saturated rings. The van der Waals surface area contributed by atoms with Crippen LogP contribution in [0.25, 0.3) is 0 Å². The lowest BCUT2D eigenvalue weighted by atomic mass is 10.1. The highest BCUT2D eigenvalue weighted by Gasteiger charge is 2.10. The van der Waals surface area contributed by atoms with Crippen molar-refractivity contribution in [2.75, 3.05) is 17.2 Å². The second-order valence-electron chi connectivity index (χ2n) is 6.31. The van der Waals surface area contributed by atoms with Crippen molar-refractivity contribution >= 4 is 34.8 Å². The topological polar surface area (TPSA) is 67.4 Å². The van der Waals surface area contributed by atoms with Crippen LogP contribution in [0.15, 0.2) is 72.8 Å². The third kappa shape index (κ3) is 5.59. The Balaban J connectivity index is 1.54. The predicted molar refractivity (Wildman–Crippen MR) is 116 cm³/mol. The van der Waals surface area contributed by atoms with Crippen LogP contribution in [0.1, 0.15) is 22.8 Å². The van der Waals surface area contributed by atoms with Gasteiger partial charge in [-0.3, -0.25) is 9.59 Å². The molecule has 6 heteroatoms. The Kier molecular flexibility index (Phi) is 6.87. The number of aryl methyl sites for hydroxylation is 1. The molecule has 0 atom stereocenters. The quantitative estimate of drug-likeness (QED) is 0.566. The Morgan fingerprint density at radius 3 is 2.21 bits per heavy atom. The number of anilines is 2. The van der Waals surface area contributed by atoms with Gasteiger partial charge < -0.3 is 15.4 Å². The lowest BCUT2D eigenvalue weighted by Gasteiger charge is -2.11. The average Bonchev–Trinajstić information content (AvgIpc) is 2.74. The number of amides is 2. The first-order valence-electron chi connectivity index (χ1n) is 9.23. The van der Waals surface area contributed by atoms with Gasteiger partial charge in [-0.1, -0.05) is 48.9 Å². The monoisotopic (exact) mass is 408 g/mol. The molecule has 0 saturated carbocycles. The number of halogens is 1. The first kappa shape index (κ1) is 20.4. The summed E-state index contributed by atoms with van der Waals surface area (Å²) in [5, 5.41) is 6.08. The molecule has 0 saturated heterocycles. The summed E-state index contributed by atoms with van der Waals surface area (Å²) >= 11 is 6.06. The summed E-state index contributed by atoms with van der Waals surface area (Å²) in [6, 6.07) is 21.2. The van der Waals surface area contributed by atoms with E-state index in [4.69, 9.17) is 16.3 Å². The molecule has 0 unspecified atom stereocenters. The number of hydrogen-bond acceptors (Lipinski definition) is 3. The van der Waals surface area contributed by atoms with Crippen LogP contribution in [0.2, 0.25) is 5.02 Å². The van der Waals surface area contributed by atoms with Crippen LogP contribution >= 0.6 is 11.6 Å². The van der Waals surface area contributed by atoms with Gasteiger partial charge in [0.05, 0.1) is 10.7 Å². The zero-order chi connectivity index (χ0) is 20.6. The van der Waals surface area contributed by atoms with E-state index in [2.05, 4.69) is 10.6 Å². The van der Waals surface area contributed by atoms with Gasteiger partial charge in [-0.25, -0.2) is 0 Å². The fourth-order valence-corrected chi connectivity index (χ4v) is 2.93. The third-order valence-corrected chi connectivity index (χ3v) is 4.61. The minimum Gasteiger partial charge on any atom is -0.484 e. The molecule has 0 radical (unpaired) electrons. The van der Waals surface area contributed by atoms with Gasteiger partial charge in [0.15, 0.2) is 6.61 Å². The lowest BCUT2D eigenvalue weighted by Crippen LogP contribution is -2.21. The number of benzene rings is 3. The average molecular weight is 409 g/mol. The Morgan fingerprint density at radius 1 is 0.862 bits per heavy atom. The van der Waals surface area contributed by atoms with Crippen molar-refractivity contribution in [1.82, 2.24) is 0 Å². The summed E-state index contributed by atoms with van der Waals surface area (Å²) in [6.07, 6.45) is 0.828. The second kappa shape index (κ2) is 9.75. The highest BCUT2D eigenvalue weighted by Crippen LogP contribution is 2.22. The zero-order valence-corrected chi connectivity index (χ0v) is 16.7. The molecule has 0 spiro atoms. The Labute approximate surface area is 174 Å². The van der Waals surface area contributed by atoms with Crippen LogP contribution in [-0.4, -0.2) is 18.4 Å². The van der Waals surface area contributed by atoms with Gasteiger partial charge in [0, 0.05) is 11.3 Å². The van der Waals surface area contributed by atoms with Crippen LogP contribution < -0.4 is 15.4 Å². The van der Waals surface area contributed by atoms with Crippen LogP contribution in [0, 0.1) is 0 Å². The van der Waals surface area contributed by atoms with E-state index in [9.17, 15) is 9.59 Å². The molecule has 0 aliphatic heterocycles. The van der Waals surface area contributed by atoms with E-state index in [1.807, 2.05) is 31.2 Å². The van der Waals surface area contributed by atoms with Crippen LogP contribution in [0.4, 0.5) is 11.4 Å². The molecule has 0 heterocycles. The number of nitrogens with one attached hydrogen (secondary N) is 2. The molecule has 5 nitrogen and oxygen atoms in total. The molecule has 2 N–H and O–H groups in total. The van der Waals surface area contributed by atoms with E-state index in [1.165, 1.54) is 0 Å². The van der Waals surface area contributed by atoms with Gasteiger partial charge in [-0.15, -0.1) is 0 Å². The van der Waals surface area contributed by atoms with Crippen LogP contribution in [0.5, 0.6) is 5.75 Å². The van der Waals surface area contributed by atoms with Gasteiger partial charge >= 0.3 is 0 Å². The molecule has 0 aliphatic carbocycles. The number of carbonyl (C=O) groups excluding carboxylic acids is 2. The SMILES string of the molecule is CCc1ccccc1NC(=O)COc1ccc(C(=O)Nc2ccccc2Cl)cc1. The minimum absolute atomic E-state index is 0.122. The van der Waals surface area contributed by atoms with Crippen LogP contribution in [-0.2, 0) is 11.2 Å². The van der Waals surface area contributed by atoms with Gasteiger partial charge in [0.25, 0.3) is 11.8 Å². The molecule has 148 valence electrons. The molecule has 3 rings (SSSR count). The van der Waals surface area contributed by atoms with Crippen molar-refractivity contribution in [2.45, 2.75) is 13.3 Å². The zero-order valence-electron chi connectivity index (χ0n) is 15.9. The van der Waals surface area contributed by atoms with E-state index in [1.54, 1.807) is 48.5 Å². The molecule has 3 aromatic rings.